The summed E-state index contributed by atoms with van der Waals surface area (Å²) in [5.41, 5.74) is 2.32. The van der Waals surface area contributed by atoms with E-state index in [4.69, 9.17) is 18.9 Å². The minimum absolute atomic E-state index is 0.147. The number of rotatable bonds is 0. The molecule has 0 bridgehead atoms. The van der Waals surface area contributed by atoms with Crippen LogP contribution in [0.2, 0.25) is 0 Å². The van der Waals surface area contributed by atoms with Gasteiger partial charge in [-0.2, -0.15) is 0 Å². The van der Waals surface area contributed by atoms with E-state index in [1.807, 2.05) is 36.4 Å². The van der Waals surface area contributed by atoms with Crippen LogP contribution in [0.15, 0.2) is 84.9 Å². The zero-order chi connectivity index (χ0) is 24.0. The molecule has 5 heteroatoms. The monoisotopic (exact) mass is 468 g/mol. The average Bonchev–Trinajstić information content (AvgIpc) is 2.89. The highest BCUT2D eigenvalue weighted by molar-refractivity contribution is 6.09. The standard InChI is InChI=1S/C30H28O5/c1-21-20-32-16-6-17-33-26-14-12-22-8-2-4-10-24(22)28(26)29-25-11-5-3-9-23(25)13-15-27(29)34-18-7-19-35-30(21)31/h2-5,8-15H,1,6-7,16-20H2. The van der Waals surface area contributed by atoms with E-state index in [1.165, 1.54) is 0 Å². The van der Waals surface area contributed by atoms with Crippen LogP contribution >= 0.6 is 0 Å². The number of hydrogen-bond acceptors (Lipinski definition) is 5. The largest absolute Gasteiger partial charge is 0.493 e. The van der Waals surface area contributed by atoms with E-state index >= 15 is 0 Å². The highest BCUT2D eigenvalue weighted by Crippen LogP contribution is 2.45. The third-order valence-electron chi connectivity index (χ3n) is 6.07. The predicted octanol–water partition coefficient (Wildman–Crippen LogP) is 6.33. The third kappa shape index (κ3) is 5.00. The molecule has 1 aliphatic heterocycles. The first-order chi connectivity index (χ1) is 17.2. The third-order valence-corrected chi connectivity index (χ3v) is 6.07. The summed E-state index contributed by atoms with van der Waals surface area (Å²) in [6.45, 7) is 5.51. The highest BCUT2D eigenvalue weighted by Gasteiger charge is 2.19. The summed E-state index contributed by atoms with van der Waals surface area (Å²) in [4.78, 5) is 12.1. The van der Waals surface area contributed by atoms with Crippen LogP contribution in [-0.4, -0.2) is 39.0 Å². The number of esters is 1. The Kier molecular flexibility index (Phi) is 6.96. The first-order valence-electron chi connectivity index (χ1n) is 11.9. The zero-order valence-electron chi connectivity index (χ0n) is 19.6. The van der Waals surface area contributed by atoms with Crippen molar-refractivity contribution in [3.05, 3.63) is 84.9 Å². The van der Waals surface area contributed by atoms with E-state index in [-0.39, 0.29) is 13.2 Å². The van der Waals surface area contributed by atoms with E-state index in [0.29, 0.717) is 38.2 Å². The van der Waals surface area contributed by atoms with Gasteiger partial charge in [0.1, 0.15) is 11.5 Å². The Morgan fingerprint density at radius 1 is 0.600 bits per heavy atom. The van der Waals surface area contributed by atoms with Crippen molar-refractivity contribution in [3.8, 4) is 22.6 Å². The van der Waals surface area contributed by atoms with Crippen molar-refractivity contribution in [1.82, 2.24) is 0 Å². The van der Waals surface area contributed by atoms with Gasteiger partial charge in [0.25, 0.3) is 0 Å². The summed E-state index contributed by atoms with van der Waals surface area (Å²) in [7, 11) is 0. The molecule has 5 rings (SSSR count). The molecule has 0 saturated heterocycles. The molecule has 0 amide bonds. The molecule has 0 spiro atoms. The van der Waals surface area contributed by atoms with Crippen molar-refractivity contribution < 1.29 is 23.7 Å². The van der Waals surface area contributed by atoms with Gasteiger partial charge in [-0.05, 0) is 33.7 Å². The summed E-state index contributed by atoms with van der Waals surface area (Å²) in [5, 5.41) is 4.45. The van der Waals surface area contributed by atoms with Crippen molar-refractivity contribution in [1.29, 1.82) is 0 Å². The Hall–Kier alpha value is -3.83. The number of hydrogen-bond donors (Lipinski definition) is 0. The van der Waals surface area contributed by atoms with Gasteiger partial charge < -0.3 is 18.9 Å². The van der Waals surface area contributed by atoms with Crippen molar-refractivity contribution in [2.45, 2.75) is 12.8 Å². The van der Waals surface area contributed by atoms with Crippen LogP contribution in [0.25, 0.3) is 32.7 Å². The summed E-state index contributed by atoms with van der Waals surface area (Å²) in [6.07, 6.45) is 1.23. The lowest BCUT2D eigenvalue weighted by atomic mass is 9.92. The zero-order valence-corrected chi connectivity index (χ0v) is 19.6. The van der Waals surface area contributed by atoms with Gasteiger partial charge in [0.05, 0.1) is 38.6 Å². The molecule has 4 aromatic carbocycles. The number of carbonyl (C=O) groups is 1. The Balaban J connectivity index is 1.63. The SMILES string of the molecule is C=C1COCCCOc2ccc3ccccc3c2-c2c(ccc3ccccc23)OCCCOC1=O. The van der Waals surface area contributed by atoms with E-state index < -0.39 is 5.97 Å². The van der Waals surface area contributed by atoms with Crippen LogP contribution in [0.5, 0.6) is 11.5 Å². The molecule has 5 nitrogen and oxygen atoms in total. The van der Waals surface area contributed by atoms with Crippen LogP contribution in [0.4, 0.5) is 0 Å². The minimum atomic E-state index is -0.434. The van der Waals surface area contributed by atoms with Gasteiger partial charge in [-0.25, -0.2) is 4.79 Å². The second-order valence-electron chi connectivity index (χ2n) is 8.52. The van der Waals surface area contributed by atoms with Crippen molar-refractivity contribution in [2.75, 3.05) is 33.0 Å². The Morgan fingerprint density at radius 2 is 1.11 bits per heavy atom. The van der Waals surface area contributed by atoms with E-state index in [1.54, 1.807) is 0 Å². The maximum Gasteiger partial charge on any atom is 0.335 e. The van der Waals surface area contributed by atoms with Crippen LogP contribution < -0.4 is 9.47 Å². The number of benzene rings is 4. The Labute approximate surface area is 204 Å². The molecule has 4 aromatic rings. The second-order valence-corrected chi connectivity index (χ2v) is 8.52. The quantitative estimate of drug-likeness (QED) is 0.223. The van der Waals surface area contributed by atoms with Gasteiger partial charge in [-0.1, -0.05) is 67.2 Å². The topological polar surface area (TPSA) is 54.0 Å². The maximum absolute atomic E-state index is 12.1. The fourth-order valence-corrected chi connectivity index (χ4v) is 4.36. The molecule has 0 aliphatic carbocycles. The number of ether oxygens (including phenoxy) is 4. The first-order valence-corrected chi connectivity index (χ1v) is 11.9. The molecular formula is C30H28O5. The molecule has 0 aromatic heterocycles. The van der Waals surface area contributed by atoms with Gasteiger partial charge in [0, 0.05) is 24.0 Å². The summed E-state index contributed by atoms with van der Waals surface area (Å²) in [6, 6.07) is 24.8. The van der Waals surface area contributed by atoms with Crippen LogP contribution in [0.1, 0.15) is 12.8 Å². The van der Waals surface area contributed by atoms with E-state index in [2.05, 4.69) is 43.0 Å². The molecule has 0 radical (unpaired) electrons. The van der Waals surface area contributed by atoms with Crippen molar-refractivity contribution in [3.63, 3.8) is 0 Å². The Bertz CT molecular complexity index is 1370. The minimum Gasteiger partial charge on any atom is -0.493 e. The van der Waals surface area contributed by atoms with Crippen molar-refractivity contribution >= 4 is 27.5 Å². The van der Waals surface area contributed by atoms with Gasteiger partial charge >= 0.3 is 5.97 Å². The average molecular weight is 469 g/mol. The predicted molar refractivity (Wildman–Crippen MR) is 138 cm³/mol. The molecular weight excluding hydrogens is 440 g/mol. The fraction of sp³-hybridized carbons (Fsp3) is 0.233. The smallest absolute Gasteiger partial charge is 0.335 e. The summed E-state index contributed by atoms with van der Waals surface area (Å²) in [5.74, 6) is 1.14. The molecule has 1 heterocycles. The maximum atomic E-state index is 12.1. The first kappa shape index (κ1) is 22.9. The lowest BCUT2D eigenvalue weighted by molar-refractivity contribution is -0.139. The van der Waals surface area contributed by atoms with E-state index in [9.17, 15) is 4.79 Å². The van der Waals surface area contributed by atoms with Crippen LogP contribution in [0.3, 0.4) is 0 Å². The lowest BCUT2D eigenvalue weighted by Crippen LogP contribution is -2.14. The van der Waals surface area contributed by atoms with E-state index in [0.717, 1.165) is 44.2 Å². The number of cyclic esters (lactones) is 1. The molecule has 0 atom stereocenters. The summed E-state index contributed by atoms with van der Waals surface area (Å²) < 4.78 is 23.6. The molecule has 35 heavy (non-hydrogen) atoms. The number of fused-ring (bicyclic) bond motifs is 7. The molecule has 0 fully saturated rings. The lowest BCUT2D eigenvalue weighted by Gasteiger charge is -2.19. The molecule has 178 valence electrons. The van der Waals surface area contributed by atoms with Gasteiger partial charge in [0.2, 0.25) is 0 Å². The van der Waals surface area contributed by atoms with Crippen LogP contribution in [-0.2, 0) is 14.3 Å². The normalized spacial score (nSPS) is 15.9. The molecule has 0 N–H and O–H groups in total. The number of carbonyl (C=O) groups excluding carboxylic acids is 1. The van der Waals surface area contributed by atoms with Gasteiger partial charge in [-0.15, -0.1) is 0 Å². The van der Waals surface area contributed by atoms with Gasteiger partial charge in [0.15, 0.2) is 0 Å². The summed E-state index contributed by atoms with van der Waals surface area (Å²) >= 11 is 0. The molecule has 1 aliphatic rings. The Morgan fingerprint density at radius 3 is 1.71 bits per heavy atom. The second kappa shape index (κ2) is 10.6. The fourth-order valence-electron chi connectivity index (χ4n) is 4.36. The molecule has 0 saturated carbocycles. The molecule has 0 unspecified atom stereocenters. The highest BCUT2D eigenvalue weighted by atomic mass is 16.5. The van der Waals surface area contributed by atoms with Gasteiger partial charge in [-0.3, -0.25) is 0 Å². The van der Waals surface area contributed by atoms with Crippen molar-refractivity contribution in [2.24, 2.45) is 0 Å². The van der Waals surface area contributed by atoms with Crippen LogP contribution in [0, 0.1) is 0 Å².